The van der Waals surface area contributed by atoms with Gasteiger partial charge in [-0.15, -0.1) is 0 Å². The standard InChI is InChI=1S/C14H14BrN3O/c15-12-7-11(8-17-9-12)14(19)18-6-5-10-1-3-13(16)4-2-10/h1-4,7-9H,5-6,16H2,(H,18,19). The molecule has 0 aliphatic heterocycles. The number of nitrogens with zero attached hydrogens (tertiary/aromatic N) is 1. The molecule has 4 nitrogen and oxygen atoms in total. The van der Waals surface area contributed by atoms with Gasteiger partial charge < -0.3 is 11.1 Å². The van der Waals surface area contributed by atoms with Gasteiger partial charge in [-0.25, -0.2) is 0 Å². The minimum Gasteiger partial charge on any atom is -0.399 e. The molecule has 1 heterocycles. The van der Waals surface area contributed by atoms with Crippen molar-refractivity contribution in [3.63, 3.8) is 0 Å². The molecule has 0 radical (unpaired) electrons. The van der Waals surface area contributed by atoms with E-state index in [1.807, 2.05) is 24.3 Å². The molecule has 19 heavy (non-hydrogen) atoms. The van der Waals surface area contributed by atoms with E-state index in [2.05, 4.69) is 26.2 Å². The van der Waals surface area contributed by atoms with Crippen LogP contribution in [0.3, 0.4) is 0 Å². The van der Waals surface area contributed by atoms with Crippen LogP contribution >= 0.6 is 15.9 Å². The third kappa shape index (κ3) is 4.06. The lowest BCUT2D eigenvalue weighted by Gasteiger charge is -2.05. The Kier molecular flexibility index (Phi) is 4.52. The van der Waals surface area contributed by atoms with Crippen LogP contribution in [0.25, 0.3) is 0 Å². The summed E-state index contributed by atoms with van der Waals surface area (Å²) in [6.45, 7) is 0.579. The van der Waals surface area contributed by atoms with Crippen LogP contribution < -0.4 is 11.1 Å². The number of hydrogen-bond acceptors (Lipinski definition) is 3. The number of hydrogen-bond donors (Lipinski definition) is 2. The van der Waals surface area contributed by atoms with Crippen molar-refractivity contribution in [1.82, 2.24) is 10.3 Å². The van der Waals surface area contributed by atoms with Crippen LogP contribution in [-0.2, 0) is 6.42 Å². The maximum atomic E-state index is 11.8. The number of anilines is 1. The Morgan fingerprint density at radius 3 is 2.68 bits per heavy atom. The summed E-state index contributed by atoms with van der Waals surface area (Å²) in [6.07, 6.45) is 3.96. The van der Waals surface area contributed by atoms with E-state index in [1.54, 1.807) is 18.5 Å². The third-order valence-electron chi connectivity index (χ3n) is 2.65. The highest BCUT2D eigenvalue weighted by atomic mass is 79.9. The Bertz CT molecular complexity index is 569. The first-order chi connectivity index (χ1) is 9.15. The van der Waals surface area contributed by atoms with Gasteiger partial charge in [-0.05, 0) is 46.1 Å². The molecule has 0 aliphatic rings. The predicted molar refractivity (Wildman–Crippen MR) is 78.8 cm³/mol. The molecule has 1 aromatic heterocycles. The van der Waals surface area contributed by atoms with E-state index >= 15 is 0 Å². The van der Waals surface area contributed by atoms with E-state index in [9.17, 15) is 4.79 Å². The lowest BCUT2D eigenvalue weighted by molar-refractivity contribution is 0.0953. The monoisotopic (exact) mass is 319 g/mol. The first-order valence-electron chi connectivity index (χ1n) is 5.88. The molecule has 0 atom stereocenters. The molecule has 0 fully saturated rings. The Morgan fingerprint density at radius 1 is 1.26 bits per heavy atom. The summed E-state index contributed by atoms with van der Waals surface area (Å²) in [5.41, 5.74) is 8.04. The minimum absolute atomic E-state index is 0.121. The molecular weight excluding hydrogens is 306 g/mol. The van der Waals surface area contributed by atoms with Crippen molar-refractivity contribution >= 4 is 27.5 Å². The number of pyridine rings is 1. The molecule has 98 valence electrons. The van der Waals surface area contributed by atoms with Gasteiger partial charge in [0, 0.05) is 29.1 Å². The maximum Gasteiger partial charge on any atom is 0.252 e. The predicted octanol–water partition coefficient (Wildman–Crippen LogP) is 2.40. The molecule has 5 heteroatoms. The average Bonchev–Trinajstić information content (AvgIpc) is 2.41. The van der Waals surface area contributed by atoms with E-state index in [-0.39, 0.29) is 5.91 Å². The topological polar surface area (TPSA) is 68.0 Å². The number of carbonyl (C=O) groups is 1. The Balaban J connectivity index is 1.86. The van der Waals surface area contributed by atoms with Crippen molar-refractivity contribution in [2.24, 2.45) is 0 Å². The number of amides is 1. The van der Waals surface area contributed by atoms with Crippen LogP contribution in [0.15, 0.2) is 47.2 Å². The second kappa shape index (κ2) is 6.33. The van der Waals surface area contributed by atoms with Gasteiger partial charge >= 0.3 is 0 Å². The molecular formula is C14H14BrN3O. The number of rotatable bonds is 4. The van der Waals surface area contributed by atoms with Crippen molar-refractivity contribution in [2.45, 2.75) is 6.42 Å². The first kappa shape index (κ1) is 13.5. The van der Waals surface area contributed by atoms with E-state index in [0.29, 0.717) is 12.1 Å². The van der Waals surface area contributed by atoms with Crippen LogP contribution in [0.4, 0.5) is 5.69 Å². The van der Waals surface area contributed by atoms with Crippen molar-refractivity contribution in [1.29, 1.82) is 0 Å². The van der Waals surface area contributed by atoms with Crippen LogP contribution in [0.2, 0.25) is 0 Å². The van der Waals surface area contributed by atoms with E-state index in [0.717, 1.165) is 22.1 Å². The molecule has 0 spiro atoms. The molecule has 2 aromatic rings. The number of benzene rings is 1. The maximum absolute atomic E-state index is 11.8. The summed E-state index contributed by atoms with van der Waals surface area (Å²) in [7, 11) is 0. The lowest BCUT2D eigenvalue weighted by atomic mass is 10.1. The smallest absolute Gasteiger partial charge is 0.252 e. The highest BCUT2D eigenvalue weighted by Crippen LogP contribution is 2.09. The van der Waals surface area contributed by atoms with Crippen LogP contribution in [0.5, 0.6) is 0 Å². The molecule has 0 saturated heterocycles. The first-order valence-corrected chi connectivity index (χ1v) is 6.67. The van der Waals surface area contributed by atoms with Gasteiger partial charge in [0.2, 0.25) is 0 Å². The molecule has 0 unspecified atom stereocenters. The van der Waals surface area contributed by atoms with E-state index in [4.69, 9.17) is 5.73 Å². The number of carbonyl (C=O) groups excluding carboxylic acids is 1. The second-order valence-corrected chi connectivity index (χ2v) is 5.05. The molecule has 1 amide bonds. The fourth-order valence-electron chi connectivity index (χ4n) is 1.64. The zero-order chi connectivity index (χ0) is 13.7. The third-order valence-corrected chi connectivity index (χ3v) is 3.08. The van der Waals surface area contributed by atoms with Gasteiger partial charge in [-0.3, -0.25) is 9.78 Å². The molecule has 0 bridgehead atoms. The highest BCUT2D eigenvalue weighted by Gasteiger charge is 2.05. The summed E-state index contributed by atoms with van der Waals surface area (Å²) in [6, 6.07) is 9.38. The van der Waals surface area contributed by atoms with Crippen LogP contribution in [-0.4, -0.2) is 17.4 Å². The summed E-state index contributed by atoms with van der Waals surface area (Å²) in [4.78, 5) is 15.8. The summed E-state index contributed by atoms with van der Waals surface area (Å²) >= 11 is 3.29. The summed E-state index contributed by atoms with van der Waals surface area (Å²) < 4.78 is 0.790. The molecule has 0 saturated carbocycles. The van der Waals surface area contributed by atoms with Gasteiger partial charge in [0.25, 0.3) is 5.91 Å². The average molecular weight is 320 g/mol. The van der Waals surface area contributed by atoms with Crippen molar-refractivity contribution in [3.05, 3.63) is 58.3 Å². The van der Waals surface area contributed by atoms with Gasteiger partial charge in [0.1, 0.15) is 0 Å². The zero-order valence-electron chi connectivity index (χ0n) is 10.3. The van der Waals surface area contributed by atoms with Gasteiger partial charge in [-0.1, -0.05) is 12.1 Å². The Hall–Kier alpha value is -1.88. The van der Waals surface area contributed by atoms with E-state index in [1.165, 1.54) is 0 Å². The van der Waals surface area contributed by atoms with Gasteiger partial charge in [-0.2, -0.15) is 0 Å². The van der Waals surface area contributed by atoms with Crippen molar-refractivity contribution in [2.75, 3.05) is 12.3 Å². The molecule has 2 rings (SSSR count). The quantitative estimate of drug-likeness (QED) is 0.850. The largest absolute Gasteiger partial charge is 0.399 e. The number of halogens is 1. The fourth-order valence-corrected chi connectivity index (χ4v) is 2.01. The molecule has 3 N–H and O–H groups in total. The number of nitrogen functional groups attached to an aromatic ring is 1. The molecule has 1 aromatic carbocycles. The van der Waals surface area contributed by atoms with Gasteiger partial charge in [0.05, 0.1) is 5.56 Å². The minimum atomic E-state index is -0.121. The number of aromatic nitrogens is 1. The second-order valence-electron chi connectivity index (χ2n) is 4.14. The summed E-state index contributed by atoms with van der Waals surface area (Å²) in [5.74, 6) is -0.121. The Morgan fingerprint density at radius 2 is 2.00 bits per heavy atom. The fraction of sp³-hybridized carbons (Fsp3) is 0.143. The van der Waals surface area contributed by atoms with Gasteiger partial charge in [0.15, 0.2) is 0 Å². The lowest BCUT2D eigenvalue weighted by Crippen LogP contribution is -2.25. The Labute approximate surface area is 120 Å². The van der Waals surface area contributed by atoms with Crippen LogP contribution in [0, 0.1) is 0 Å². The van der Waals surface area contributed by atoms with E-state index < -0.39 is 0 Å². The highest BCUT2D eigenvalue weighted by molar-refractivity contribution is 9.10. The zero-order valence-corrected chi connectivity index (χ0v) is 11.9. The number of nitrogens with two attached hydrogens (primary N) is 1. The molecule has 0 aliphatic carbocycles. The SMILES string of the molecule is Nc1ccc(CCNC(=O)c2cncc(Br)c2)cc1. The normalized spacial score (nSPS) is 10.2. The number of nitrogens with one attached hydrogen (secondary N) is 1. The van der Waals surface area contributed by atoms with Crippen LogP contribution in [0.1, 0.15) is 15.9 Å². The van der Waals surface area contributed by atoms with Crippen molar-refractivity contribution in [3.8, 4) is 0 Å². The summed E-state index contributed by atoms with van der Waals surface area (Å²) in [5, 5.41) is 2.86. The van der Waals surface area contributed by atoms with Crippen molar-refractivity contribution < 1.29 is 4.79 Å².